The van der Waals surface area contributed by atoms with Gasteiger partial charge in [-0.2, -0.15) is 0 Å². The topological polar surface area (TPSA) is 59.6 Å². The van der Waals surface area contributed by atoms with Crippen molar-refractivity contribution in [3.8, 4) is 5.75 Å². The van der Waals surface area contributed by atoms with Crippen molar-refractivity contribution in [2.24, 2.45) is 0 Å². The zero-order valence-corrected chi connectivity index (χ0v) is 16.1. The van der Waals surface area contributed by atoms with Gasteiger partial charge in [0, 0.05) is 5.69 Å². The Balaban J connectivity index is 1.83. The maximum absolute atomic E-state index is 11.8. The van der Waals surface area contributed by atoms with E-state index in [9.17, 15) is 4.79 Å². The van der Waals surface area contributed by atoms with Gasteiger partial charge in [-0.05, 0) is 63.3 Å². The fraction of sp³-hybridized carbons (Fsp3) is 0.300. The Bertz CT molecular complexity index is 747. The van der Waals surface area contributed by atoms with Crippen molar-refractivity contribution < 1.29 is 14.3 Å². The molecule has 0 aliphatic heterocycles. The molecule has 0 amide bonds. The van der Waals surface area contributed by atoms with Crippen molar-refractivity contribution in [1.29, 1.82) is 0 Å². The number of ether oxygens (including phenoxy) is 2. The number of aryl methyl sites for hydroxylation is 1. The maximum Gasteiger partial charge on any atom is 0.338 e. The van der Waals surface area contributed by atoms with Crippen LogP contribution in [-0.4, -0.2) is 30.3 Å². The van der Waals surface area contributed by atoms with Crippen molar-refractivity contribution in [2.75, 3.05) is 18.5 Å². The number of carbonyl (C=O) groups is 1. The van der Waals surface area contributed by atoms with Gasteiger partial charge < -0.3 is 20.1 Å². The average Bonchev–Trinajstić information content (AvgIpc) is 2.61. The minimum Gasteiger partial charge on any atom is -0.491 e. The van der Waals surface area contributed by atoms with Crippen LogP contribution in [0.4, 0.5) is 5.69 Å². The Morgan fingerprint density at radius 2 is 1.92 bits per heavy atom. The first-order valence-electron chi connectivity index (χ1n) is 8.52. The molecule has 1 atom stereocenters. The maximum atomic E-state index is 11.8. The van der Waals surface area contributed by atoms with Gasteiger partial charge in [-0.25, -0.2) is 4.79 Å². The first kappa shape index (κ1) is 19.7. The number of anilines is 1. The average molecular weight is 372 g/mol. The summed E-state index contributed by atoms with van der Waals surface area (Å²) >= 11 is 5.33. The molecule has 0 saturated carbocycles. The highest BCUT2D eigenvalue weighted by Gasteiger charge is 2.09. The van der Waals surface area contributed by atoms with E-state index in [0.29, 0.717) is 23.9 Å². The molecule has 0 unspecified atom stereocenters. The van der Waals surface area contributed by atoms with Crippen molar-refractivity contribution in [3.63, 3.8) is 0 Å². The molecular weight excluding hydrogens is 348 g/mol. The van der Waals surface area contributed by atoms with E-state index in [2.05, 4.69) is 10.6 Å². The minimum absolute atomic E-state index is 0.0181. The predicted octanol–water partition coefficient (Wildman–Crippen LogP) is 3.93. The summed E-state index contributed by atoms with van der Waals surface area (Å²) in [5.41, 5.74) is 2.40. The van der Waals surface area contributed by atoms with E-state index in [1.165, 1.54) is 5.56 Å². The molecule has 2 aromatic carbocycles. The molecule has 2 N–H and O–H groups in total. The summed E-state index contributed by atoms with van der Waals surface area (Å²) in [6, 6.07) is 15.0. The molecule has 5 nitrogen and oxygen atoms in total. The lowest BCUT2D eigenvalue weighted by molar-refractivity contribution is 0.0526. The van der Waals surface area contributed by atoms with Crippen LogP contribution in [0.15, 0.2) is 48.5 Å². The van der Waals surface area contributed by atoms with E-state index >= 15 is 0 Å². The molecule has 6 heteroatoms. The van der Waals surface area contributed by atoms with Crippen LogP contribution in [0.3, 0.4) is 0 Å². The Morgan fingerprint density at radius 1 is 1.19 bits per heavy atom. The monoisotopic (exact) mass is 372 g/mol. The van der Waals surface area contributed by atoms with E-state index in [1.807, 2.05) is 44.2 Å². The molecule has 0 radical (unpaired) electrons. The third kappa shape index (κ3) is 6.37. The van der Waals surface area contributed by atoms with Gasteiger partial charge in [0.05, 0.1) is 18.2 Å². The third-order valence-electron chi connectivity index (χ3n) is 3.53. The first-order chi connectivity index (χ1) is 12.5. The quantitative estimate of drug-likeness (QED) is 0.567. The molecule has 2 rings (SSSR count). The lowest BCUT2D eigenvalue weighted by Crippen LogP contribution is -2.39. The molecule has 0 spiro atoms. The summed E-state index contributed by atoms with van der Waals surface area (Å²) in [6.45, 7) is 6.62. The summed E-state index contributed by atoms with van der Waals surface area (Å²) in [5.74, 6) is 0.472. The van der Waals surface area contributed by atoms with Crippen molar-refractivity contribution >= 4 is 29.0 Å². The van der Waals surface area contributed by atoms with E-state index < -0.39 is 0 Å². The highest BCUT2D eigenvalue weighted by atomic mass is 32.1. The van der Waals surface area contributed by atoms with Gasteiger partial charge in [0.2, 0.25) is 0 Å². The Labute approximate surface area is 159 Å². The fourth-order valence-electron chi connectivity index (χ4n) is 2.23. The predicted molar refractivity (Wildman–Crippen MR) is 108 cm³/mol. The highest BCUT2D eigenvalue weighted by Crippen LogP contribution is 2.13. The Hall–Kier alpha value is -2.60. The van der Waals surface area contributed by atoms with Crippen LogP contribution in [0.1, 0.15) is 29.8 Å². The standard InChI is InChI=1S/C20H24N2O3S/c1-4-24-19(23)16-6-5-7-17(12-16)22-20(26)21-15(3)13-25-18-10-8-14(2)9-11-18/h5-12,15H,4,13H2,1-3H3,(H2,21,22,26)/t15-/m1/s1. The second kappa shape index (κ2) is 9.77. The molecule has 0 saturated heterocycles. The van der Waals surface area contributed by atoms with Crippen LogP contribution in [0.2, 0.25) is 0 Å². The van der Waals surface area contributed by atoms with Crippen LogP contribution >= 0.6 is 12.2 Å². The molecular formula is C20H24N2O3S. The van der Waals surface area contributed by atoms with Gasteiger partial charge in [-0.3, -0.25) is 0 Å². The third-order valence-corrected chi connectivity index (χ3v) is 3.75. The second-order valence-electron chi connectivity index (χ2n) is 5.92. The van der Waals surface area contributed by atoms with E-state index in [4.69, 9.17) is 21.7 Å². The number of thiocarbonyl (C=S) groups is 1. The molecule has 26 heavy (non-hydrogen) atoms. The lowest BCUT2D eigenvalue weighted by atomic mass is 10.2. The number of benzene rings is 2. The van der Waals surface area contributed by atoms with Crippen LogP contribution < -0.4 is 15.4 Å². The number of nitrogens with one attached hydrogen (secondary N) is 2. The van der Waals surface area contributed by atoms with Gasteiger partial charge in [-0.15, -0.1) is 0 Å². The number of rotatable bonds is 7. The van der Waals surface area contributed by atoms with Crippen LogP contribution in [0.25, 0.3) is 0 Å². The van der Waals surface area contributed by atoms with Gasteiger partial charge in [0.25, 0.3) is 0 Å². The summed E-state index contributed by atoms with van der Waals surface area (Å²) in [4.78, 5) is 11.8. The van der Waals surface area contributed by atoms with E-state index in [1.54, 1.807) is 25.1 Å². The number of hydrogen-bond donors (Lipinski definition) is 2. The zero-order chi connectivity index (χ0) is 18.9. The smallest absolute Gasteiger partial charge is 0.338 e. The minimum atomic E-state index is -0.352. The summed E-state index contributed by atoms with van der Waals surface area (Å²) < 4.78 is 10.7. The Kier molecular flexibility index (Phi) is 7.41. The number of hydrogen-bond acceptors (Lipinski definition) is 4. The van der Waals surface area contributed by atoms with Crippen molar-refractivity contribution in [2.45, 2.75) is 26.8 Å². The van der Waals surface area contributed by atoms with E-state index in [-0.39, 0.29) is 12.0 Å². The molecule has 138 valence electrons. The SMILES string of the molecule is CCOC(=O)c1cccc(NC(=S)N[C@H](C)COc2ccc(C)cc2)c1. The van der Waals surface area contributed by atoms with Gasteiger partial charge in [-0.1, -0.05) is 23.8 Å². The summed E-state index contributed by atoms with van der Waals surface area (Å²) in [5, 5.41) is 6.70. The molecule has 0 aromatic heterocycles. The molecule has 0 heterocycles. The number of carbonyl (C=O) groups excluding carboxylic acids is 1. The molecule has 0 aliphatic rings. The lowest BCUT2D eigenvalue weighted by Gasteiger charge is -2.18. The van der Waals surface area contributed by atoms with Crippen LogP contribution in [-0.2, 0) is 4.74 Å². The van der Waals surface area contributed by atoms with Crippen LogP contribution in [0.5, 0.6) is 5.75 Å². The van der Waals surface area contributed by atoms with Gasteiger partial charge in [0.1, 0.15) is 12.4 Å². The molecule has 0 fully saturated rings. The largest absolute Gasteiger partial charge is 0.491 e. The molecule has 0 bridgehead atoms. The highest BCUT2D eigenvalue weighted by molar-refractivity contribution is 7.80. The first-order valence-corrected chi connectivity index (χ1v) is 8.93. The van der Waals surface area contributed by atoms with Crippen molar-refractivity contribution in [3.05, 3.63) is 59.7 Å². The Morgan fingerprint density at radius 3 is 2.62 bits per heavy atom. The second-order valence-corrected chi connectivity index (χ2v) is 6.33. The summed E-state index contributed by atoms with van der Waals surface area (Å²) in [6.07, 6.45) is 0. The number of esters is 1. The molecule has 2 aromatic rings. The van der Waals surface area contributed by atoms with E-state index in [0.717, 1.165) is 11.4 Å². The normalized spacial score (nSPS) is 11.3. The van der Waals surface area contributed by atoms with Gasteiger partial charge in [0.15, 0.2) is 5.11 Å². The van der Waals surface area contributed by atoms with Crippen molar-refractivity contribution in [1.82, 2.24) is 5.32 Å². The molecule has 0 aliphatic carbocycles. The zero-order valence-electron chi connectivity index (χ0n) is 15.2. The van der Waals surface area contributed by atoms with Crippen LogP contribution in [0, 0.1) is 6.92 Å². The van der Waals surface area contributed by atoms with Gasteiger partial charge >= 0.3 is 5.97 Å². The summed E-state index contributed by atoms with van der Waals surface area (Å²) in [7, 11) is 0. The fourth-order valence-corrected chi connectivity index (χ4v) is 2.55.